The molecule has 4 aromatic rings. The molecule has 7 nitrogen and oxygen atoms in total. The predicted molar refractivity (Wildman–Crippen MR) is 129 cm³/mol. The van der Waals surface area contributed by atoms with Gasteiger partial charge in [-0.1, -0.05) is 48.2 Å². The Bertz CT molecular complexity index is 1230. The van der Waals surface area contributed by atoms with E-state index in [1.54, 1.807) is 23.3 Å². The molecule has 5 rings (SSSR count). The Labute approximate surface area is 200 Å². The molecule has 1 amide bonds. The van der Waals surface area contributed by atoms with Gasteiger partial charge < -0.3 is 14.4 Å². The molecule has 2 aromatic heterocycles. The van der Waals surface area contributed by atoms with Crippen molar-refractivity contribution in [1.29, 1.82) is 0 Å². The molecular formula is C24H22N4O3S2. The van der Waals surface area contributed by atoms with Crippen LogP contribution in [0.15, 0.2) is 77.3 Å². The molecule has 0 saturated carbocycles. The van der Waals surface area contributed by atoms with E-state index in [9.17, 15) is 4.79 Å². The van der Waals surface area contributed by atoms with Gasteiger partial charge in [-0.15, -0.1) is 21.5 Å². The van der Waals surface area contributed by atoms with Crippen LogP contribution in [0.5, 0.6) is 11.5 Å². The van der Waals surface area contributed by atoms with E-state index in [0.29, 0.717) is 24.1 Å². The second-order valence-electron chi connectivity index (χ2n) is 7.51. The number of ether oxygens (including phenoxy) is 2. The molecule has 33 heavy (non-hydrogen) atoms. The van der Waals surface area contributed by atoms with Crippen molar-refractivity contribution in [2.45, 2.75) is 11.3 Å². The van der Waals surface area contributed by atoms with Crippen LogP contribution < -0.4 is 9.47 Å². The molecule has 9 heteroatoms. The van der Waals surface area contributed by atoms with Gasteiger partial charge in [-0.2, -0.15) is 0 Å². The first-order chi connectivity index (χ1) is 16.2. The summed E-state index contributed by atoms with van der Waals surface area (Å²) >= 11 is 2.99. The normalized spacial score (nSPS) is 14.8. The van der Waals surface area contributed by atoms with Gasteiger partial charge in [0.2, 0.25) is 5.91 Å². The number of hydrogen-bond acceptors (Lipinski definition) is 7. The van der Waals surface area contributed by atoms with Crippen LogP contribution in [-0.2, 0) is 4.79 Å². The first-order valence-corrected chi connectivity index (χ1v) is 12.4. The Hall–Kier alpha value is -3.30. The van der Waals surface area contributed by atoms with Crippen molar-refractivity contribution in [3.8, 4) is 27.9 Å². The summed E-state index contributed by atoms with van der Waals surface area (Å²) in [6, 6.07) is 21.5. The quantitative estimate of drug-likeness (QED) is 0.367. The minimum Gasteiger partial charge on any atom is -0.486 e. The highest BCUT2D eigenvalue weighted by atomic mass is 32.2. The van der Waals surface area contributed by atoms with Crippen molar-refractivity contribution in [3.63, 3.8) is 0 Å². The number of amides is 1. The number of hydrogen-bond donors (Lipinski definition) is 0. The summed E-state index contributed by atoms with van der Waals surface area (Å²) in [6.07, 6.45) is -0.211. The predicted octanol–water partition coefficient (Wildman–Crippen LogP) is 4.39. The lowest BCUT2D eigenvalue weighted by Crippen LogP contribution is -2.42. The van der Waals surface area contributed by atoms with Crippen molar-refractivity contribution in [3.05, 3.63) is 72.1 Å². The monoisotopic (exact) mass is 478 g/mol. The maximum Gasteiger partial charge on any atom is 0.232 e. The van der Waals surface area contributed by atoms with Gasteiger partial charge in [0.1, 0.15) is 6.61 Å². The SMILES string of the molecule is CN(CC1COc2ccccc2O1)C(=O)CSc1nnc(-c2cccs2)n1-c1ccccc1. The molecule has 1 aliphatic heterocycles. The fourth-order valence-corrected chi connectivity index (χ4v) is 5.13. The average molecular weight is 479 g/mol. The summed E-state index contributed by atoms with van der Waals surface area (Å²) in [7, 11) is 1.78. The number of thioether (sulfide) groups is 1. The van der Waals surface area contributed by atoms with Gasteiger partial charge in [0, 0.05) is 12.7 Å². The lowest BCUT2D eigenvalue weighted by Gasteiger charge is -2.29. The Balaban J connectivity index is 1.26. The fraction of sp³-hybridized carbons (Fsp3) is 0.208. The van der Waals surface area contributed by atoms with E-state index in [4.69, 9.17) is 9.47 Å². The lowest BCUT2D eigenvalue weighted by atomic mass is 10.2. The van der Waals surface area contributed by atoms with E-state index in [1.807, 2.05) is 76.7 Å². The number of thiophene rings is 1. The first-order valence-electron chi connectivity index (χ1n) is 10.5. The molecule has 1 unspecified atom stereocenters. The number of aromatic nitrogens is 3. The smallest absolute Gasteiger partial charge is 0.232 e. The van der Waals surface area contributed by atoms with Gasteiger partial charge in [-0.25, -0.2) is 0 Å². The molecule has 0 spiro atoms. The topological polar surface area (TPSA) is 69.5 Å². The standard InChI is InChI=1S/C24H22N4O3S2/c1-27(14-18-15-30-19-10-5-6-11-20(19)31-18)22(29)16-33-24-26-25-23(21-12-7-13-32-21)28(24)17-8-3-2-4-9-17/h2-13,18H,14-16H2,1H3. The summed E-state index contributed by atoms with van der Waals surface area (Å²) in [4.78, 5) is 15.6. The van der Waals surface area contributed by atoms with Gasteiger partial charge in [-0.3, -0.25) is 9.36 Å². The van der Waals surface area contributed by atoms with Crippen LogP contribution in [0.25, 0.3) is 16.4 Å². The van der Waals surface area contributed by atoms with Gasteiger partial charge in [0.25, 0.3) is 0 Å². The third kappa shape index (κ3) is 4.74. The summed E-state index contributed by atoms with van der Waals surface area (Å²) in [5.74, 6) is 2.45. The average Bonchev–Trinajstić information content (AvgIpc) is 3.53. The summed E-state index contributed by atoms with van der Waals surface area (Å²) in [5, 5.41) is 11.5. The Morgan fingerprint density at radius 3 is 2.67 bits per heavy atom. The molecule has 0 aliphatic carbocycles. The number of para-hydroxylation sites is 3. The van der Waals surface area contributed by atoms with Gasteiger partial charge in [0.05, 0.1) is 17.2 Å². The van der Waals surface area contributed by atoms with E-state index in [-0.39, 0.29) is 17.8 Å². The Morgan fingerprint density at radius 2 is 1.88 bits per heavy atom. The maximum absolute atomic E-state index is 12.9. The third-order valence-electron chi connectivity index (χ3n) is 5.18. The molecule has 1 atom stereocenters. The Morgan fingerprint density at radius 1 is 1.09 bits per heavy atom. The van der Waals surface area contributed by atoms with Crippen molar-refractivity contribution < 1.29 is 14.3 Å². The second-order valence-corrected chi connectivity index (χ2v) is 9.41. The number of fused-ring (bicyclic) bond motifs is 1. The van der Waals surface area contributed by atoms with Crippen LogP contribution in [0.1, 0.15) is 0 Å². The van der Waals surface area contributed by atoms with Crippen LogP contribution in [0.3, 0.4) is 0 Å². The van der Waals surface area contributed by atoms with Crippen LogP contribution >= 0.6 is 23.1 Å². The van der Waals surface area contributed by atoms with Crippen LogP contribution in [0, 0.1) is 0 Å². The van der Waals surface area contributed by atoms with Crippen molar-refractivity contribution >= 4 is 29.0 Å². The fourth-order valence-electron chi connectivity index (χ4n) is 3.54. The zero-order chi connectivity index (χ0) is 22.6. The molecule has 168 valence electrons. The minimum atomic E-state index is -0.211. The van der Waals surface area contributed by atoms with Crippen molar-refractivity contribution in [1.82, 2.24) is 19.7 Å². The Kier molecular flexibility index (Phi) is 6.32. The van der Waals surface area contributed by atoms with E-state index in [0.717, 1.165) is 22.1 Å². The van der Waals surface area contributed by atoms with E-state index in [2.05, 4.69) is 10.2 Å². The largest absolute Gasteiger partial charge is 0.486 e. The highest BCUT2D eigenvalue weighted by molar-refractivity contribution is 7.99. The number of rotatable bonds is 7. The highest BCUT2D eigenvalue weighted by Gasteiger charge is 2.24. The number of carbonyl (C=O) groups excluding carboxylic acids is 1. The maximum atomic E-state index is 12.9. The third-order valence-corrected chi connectivity index (χ3v) is 6.96. The number of benzene rings is 2. The van der Waals surface area contributed by atoms with Crippen LogP contribution in [0.2, 0.25) is 0 Å². The zero-order valence-corrected chi connectivity index (χ0v) is 19.6. The van der Waals surface area contributed by atoms with E-state index >= 15 is 0 Å². The van der Waals surface area contributed by atoms with E-state index in [1.165, 1.54) is 11.8 Å². The van der Waals surface area contributed by atoms with Crippen molar-refractivity contribution in [2.24, 2.45) is 0 Å². The van der Waals surface area contributed by atoms with Crippen molar-refractivity contribution in [2.75, 3.05) is 26.0 Å². The molecular weight excluding hydrogens is 456 g/mol. The lowest BCUT2D eigenvalue weighted by molar-refractivity contribution is -0.128. The summed E-state index contributed by atoms with van der Waals surface area (Å²) in [6.45, 7) is 0.855. The molecule has 1 aliphatic rings. The second kappa shape index (κ2) is 9.68. The molecule has 0 N–H and O–H groups in total. The number of likely N-dealkylation sites (N-methyl/N-ethyl adjacent to an activating group) is 1. The van der Waals surface area contributed by atoms with Gasteiger partial charge in [-0.05, 0) is 35.7 Å². The minimum absolute atomic E-state index is 0.0113. The van der Waals surface area contributed by atoms with E-state index < -0.39 is 0 Å². The highest BCUT2D eigenvalue weighted by Crippen LogP contribution is 2.32. The summed E-state index contributed by atoms with van der Waals surface area (Å²) < 4.78 is 13.7. The molecule has 0 radical (unpaired) electrons. The molecule has 3 heterocycles. The molecule has 0 bridgehead atoms. The summed E-state index contributed by atoms with van der Waals surface area (Å²) in [5.41, 5.74) is 0.959. The molecule has 2 aromatic carbocycles. The van der Waals surface area contributed by atoms with Gasteiger partial charge >= 0.3 is 0 Å². The first kappa shape index (κ1) is 21.5. The zero-order valence-electron chi connectivity index (χ0n) is 18.0. The molecule has 0 fully saturated rings. The van der Waals surface area contributed by atoms with Crippen LogP contribution in [-0.4, -0.2) is 57.6 Å². The van der Waals surface area contributed by atoms with Crippen LogP contribution in [0.4, 0.5) is 0 Å². The number of carbonyl (C=O) groups is 1. The molecule has 0 saturated heterocycles. The number of nitrogens with zero attached hydrogens (tertiary/aromatic N) is 4. The van der Waals surface area contributed by atoms with Gasteiger partial charge in [0.15, 0.2) is 28.6 Å².